The highest BCUT2D eigenvalue weighted by atomic mass is 32.1. The van der Waals surface area contributed by atoms with Crippen LogP contribution in [0.5, 0.6) is 0 Å². The maximum absolute atomic E-state index is 12.0. The molecule has 0 spiro atoms. The summed E-state index contributed by atoms with van der Waals surface area (Å²) in [6.45, 7) is 0.189. The molecule has 3 N–H and O–H groups in total. The molecule has 1 atom stereocenters. The van der Waals surface area contributed by atoms with Crippen LogP contribution in [0.15, 0.2) is 41.8 Å². The van der Waals surface area contributed by atoms with E-state index < -0.39 is 17.9 Å². The minimum absolute atomic E-state index is 0.112. The normalized spacial score (nSPS) is 11.7. The standard InChI is InChI=1S/C18H23N3O4S/c1-21(2)14-7-5-13(6-8-14)20-18(24)17(23)19-12-15(25-10-9-22)16-4-3-11-26-16/h3-8,11,15,22H,9-10,12H2,1-2H3,(H,19,23)(H,20,24)/t15-/m1/s1. The molecule has 0 fully saturated rings. The van der Waals surface area contributed by atoms with Crippen LogP contribution in [0, 0.1) is 0 Å². The molecule has 2 rings (SSSR count). The summed E-state index contributed by atoms with van der Waals surface area (Å²) in [5.74, 6) is -1.48. The molecule has 0 radical (unpaired) electrons. The second kappa shape index (κ2) is 9.91. The van der Waals surface area contributed by atoms with Crippen molar-refractivity contribution >= 4 is 34.5 Å². The summed E-state index contributed by atoms with van der Waals surface area (Å²) in [4.78, 5) is 26.9. The predicted octanol–water partition coefficient (Wildman–Crippen LogP) is 1.62. The van der Waals surface area contributed by atoms with Crippen LogP contribution in [0.3, 0.4) is 0 Å². The number of anilines is 2. The topological polar surface area (TPSA) is 90.9 Å². The Morgan fingerprint density at radius 3 is 2.50 bits per heavy atom. The van der Waals surface area contributed by atoms with Gasteiger partial charge in [-0.1, -0.05) is 6.07 Å². The largest absolute Gasteiger partial charge is 0.394 e. The second-order valence-electron chi connectivity index (χ2n) is 5.70. The molecule has 0 bridgehead atoms. The first-order valence-corrected chi connectivity index (χ1v) is 9.01. The number of rotatable bonds is 8. The molecule has 1 heterocycles. The summed E-state index contributed by atoms with van der Waals surface area (Å²) < 4.78 is 5.53. The SMILES string of the molecule is CN(C)c1ccc(NC(=O)C(=O)NC[C@@H](OCCO)c2cccs2)cc1. The molecule has 7 nitrogen and oxygen atoms in total. The molecule has 2 amide bonds. The zero-order valence-corrected chi connectivity index (χ0v) is 15.6. The van der Waals surface area contributed by atoms with Crippen LogP contribution in [-0.2, 0) is 14.3 Å². The number of hydrogen-bond acceptors (Lipinski definition) is 6. The number of aliphatic hydroxyl groups is 1. The smallest absolute Gasteiger partial charge is 0.313 e. The molecule has 26 heavy (non-hydrogen) atoms. The Bertz CT molecular complexity index is 702. The van der Waals surface area contributed by atoms with E-state index in [0.717, 1.165) is 10.6 Å². The molecule has 1 aromatic heterocycles. The fourth-order valence-corrected chi connectivity index (χ4v) is 2.98. The monoisotopic (exact) mass is 377 g/mol. The van der Waals surface area contributed by atoms with Crippen molar-refractivity contribution in [3.63, 3.8) is 0 Å². The van der Waals surface area contributed by atoms with Crippen LogP contribution in [0.25, 0.3) is 0 Å². The number of nitrogens with one attached hydrogen (secondary N) is 2. The highest BCUT2D eigenvalue weighted by Crippen LogP contribution is 2.21. The Morgan fingerprint density at radius 1 is 1.19 bits per heavy atom. The maximum Gasteiger partial charge on any atom is 0.313 e. The lowest BCUT2D eigenvalue weighted by Gasteiger charge is -2.17. The third-order valence-electron chi connectivity index (χ3n) is 3.57. The fourth-order valence-electron chi connectivity index (χ4n) is 2.21. The number of carbonyl (C=O) groups excluding carboxylic acids is 2. The quantitative estimate of drug-likeness (QED) is 0.608. The summed E-state index contributed by atoms with van der Waals surface area (Å²) in [5.41, 5.74) is 1.54. The highest BCUT2D eigenvalue weighted by molar-refractivity contribution is 7.10. The molecular formula is C18H23N3O4S. The first-order valence-electron chi connectivity index (χ1n) is 8.13. The summed E-state index contributed by atoms with van der Waals surface area (Å²) in [6.07, 6.45) is -0.404. The Balaban J connectivity index is 1.88. The zero-order valence-electron chi connectivity index (χ0n) is 14.8. The van der Waals surface area contributed by atoms with E-state index in [2.05, 4.69) is 10.6 Å². The molecule has 1 aromatic carbocycles. The number of thiophene rings is 1. The van der Waals surface area contributed by atoms with E-state index in [1.54, 1.807) is 12.1 Å². The number of nitrogens with zero attached hydrogens (tertiary/aromatic N) is 1. The molecule has 140 valence electrons. The number of benzene rings is 1. The van der Waals surface area contributed by atoms with Crippen molar-refractivity contribution in [2.24, 2.45) is 0 Å². The number of ether oxygens (including phenoxy) is 1. The summed E-state index contributed by atoms with van der Waals surface area (Å²) in [6, 6.07) is 10.9. The van der Waals surface area contributed by atoms with Crippen molar-refractivity contribution in [2.75, 3.05) is 44.1 Å². The summed E-state index contributed by atoms with van der Waals surface area (Å²) in [5, 5.41) is 16.0. The van der Waals surface area contributed by atoms with Crippen LogP contribution in [0.4, 0.5) is 11.4 Å². The summed E-state index contributed by atoms with van der Waals surface area (Å²) in [7, 11) is 3.84. The van der Waals surface area contributed by atoms with Crippen LogP contribution in [-0.4, -0.2) is 50.8 Å². The molecule has 0 aliphatic heterocycles. The third kappa shape index (κ3) is 5.83. The lowest BCUT2D eigenvalue weighted by atomic mass is 10.2. The molecule has 0 aliphatic carbocycles. The molecule has 0 unspecified atom stereocenters. The van der Waals surface area contributed by atoms with Crippen molar-refractivity contribution in [3.05, 3.63) is 46.7 Å². The van der Waals surface area contributed by atoms with Crippen LogP contribution >= 0.6 is 11.3 Å². The predicted molar refractivity (Wildman–Crippen MR) is 103 cm³/mol. The van der Waals surface area contributed by atoms with Crippen molar-refractivity contribution in [2.45, 2.75) is 6.10 Å². The van der Waals surface area contributed by atoms with Gasteiger partial charge in [-0.15, -0.1) is 11.3 Å². The minimum Gasteiger partial charge on any atom is -0.394 e. The molecule has 8 heteroatoms. The highest BCUT2D eigenvalue weighted by Gasteiger charge is 2.18. The van der Waals surface area contributed by atoms with Crippen molar-refractivity contribution < 1.29 is 19.4 Å². The average Bonchev–Trinajstić information content (AvgIpc) is 3.16. The van der Waals surface area contributed by atoms with E-state index in [9.17, 15) is 9.59 Å². The lowest BCUT2D eigenvalue weighted by Crippen LogP contribution is -2.38. The number of carbonyl (C=O) groups is 2. The Kier molecular flexibility index (Phi) is 7.58. The third-order valence-corrected chi connectivity index (χ3v) is 4.53. The van der Waals surface area contributed by atoms with Gasteiger partial charge in [0.05, 0.1) is 13.2 Å². The minimum atomic E-state index is -0.741. The number of hydrogen-bond donors (Lipinski definition) is 3. The van der Waals surface area contributed by atoms with Gasteiger partial charge in [-0.25, -0.2) is 0 Å². The van der Waals surface area contributed by atoms with Gasteiger partial charge in [0.1, 0.15) is 6.10 Å². The van der Waals surface area contributed by atoms with Gasteiger partial charge in [0.25, 0.3) is 0 Å². The first-order chi connectivity index (χ1) is 12.5. The van der Waals surface area contributed by atoms with Gasteiger partial charge < -0.3 is 25.4 Å². The Hall–Kier alpha value is -2.42. The fraction of sp³-hybridized carbons (Fsp3) is 0.333. The molecular weight excluding hydrogens is 354 g/mol. The Labute approximate surface area is 156 Å². The van der Waals surface area contributed by atoms with E-state index in [-0.39, 0.29) is 19.8 Å². The van der Waals surface area contributed by atoms with E-state index in [4.69, 9.17) is 9.84 Å². The molecule has 0 saturated heterocycles. The van der Waals surface area contributed by atoms with Crippen molar-refractivity contribution in [3.8, 4) is 0 Å². The Morgan fingerprint density at radius 2 is 1.92 bits per heavy atom. The van der Waals surface area contributed by atoms with Gasteiger partial charge in [0.15, 0.2) is 0 Å². The van der Waals surface area contributed by atoms with E-state index in [0.29, 0.717) is 5.69 Å². The van der Waals surface area contributed by atoms with Gasteiger partial charge in [-0.05, 0) is 35.7 Å². The zero-order chi connectivity index (χ0) is 18.9. The number of amides is 2. The van der Waals surface area contributed by atoms with Gasteiger partial charge in [-0.2, -0.15) is 0 Å². The maximum atomic E-state index is 12.0. The van der Waals surface area contributed by atoms with Crippen LogP contribution in [0.1, 0.15) is 11.0 Å². The first kappa shape index (κ1) is 19.9. The molecule has 2 aromatic rings. The van der Waals surface area contributed by atoms with Crippen LogP contribution in [0.2, 0.25) is 0 Å². The van der Waals surface area contributed by atoms with Crippen LogP contribution < -0.4 is 15.5 Å². The van der Waals surface area contributed by atoms with E-state index in [1.165, 1.54) is 11.3 Å². The van der Waals surface area contributed by atoms with Gasteiger partial charge in [-0.3, -0.25) is 9.59 Å². The van der Waals surface area contributed by atoms with E-state index in [1.807, 2.05) is 48.6 Å². The average molecular weight is 377 g/mol. The number of aliphatic hydroxyl groups excluding tert-OH is 1. The van der Waals surface area contributed by atoms with Gasteiger partial charge in [0, 0.05) is 36.9 Å². The van der Waals surface area contributed by atoms with Gasteiger partial charge in [0.2, 0.25) is 0 Å². The molecule has 0 saturated carbocycles. The van der Waals surface area contributed by atoms with Crippen molar-refractivity contribution in [1.29, 1.82) is 0 Å². The van der Waals surface area contributed by atoms with E-state index >= 15 is 0 Å². The molecule has 0 aliphatic rings. The van der Waals surface area contributed by atoms with Crippen molar-refractivity contribution in [1.82, 2.24) is 5.32 Å². The van der Waals surface area contributed by atoms with Gasteiger partial charge >= 0.3 is 11.8 Å². The second-order valence-corrected chi connectivity index (χ2v) is 6.68. The summed E-state index contributed by atoms with van der Waals surface area (Å²) >= 11 is 1.49. The lowest BCUT2D eigenvalue weighted by molar-refractivity contribution is -0.136.